The largest absolute Gasteiger partial charge is 0.323 e. The zero-order valence-corrected chi connectivity index (χ0v) is 12.7. The van der Waals surface area contributed by atoms with E-state index in [1.165, 1.54) is 11.1 Å². The van der Waals surface area contributed by atoms with Gasteiger partial charge >= 0.3 is 0 Å². The number of amides is 1. The van der Waals surface area contributed by atoms with E-state index in [-0.39, 0.29) is 11.9 Å². The molecule has 5 heteroatoms. The summed E-state index contributed by atoms with van der Waals surface area (Å²) in [5.74, 6) is -0.0891. The number of hydrogen-bond acceptors (Lipinski definition) is 2. The number of fused-ring (bicyclic) bond motifs is 1. The minimum Gasteiger partial charge on any atom is -0.323 e. The van der Waals surface area contributed by atoms with E-state index in [1.54, 1.807) is 18.2 Å². The summed E-state index contributed by atoms with van der Waals surface area (Å²) in [6, 6.07) is 12.9. The average molecular weight is 321 g/mol. The van der Waals surface area contributed by atoms with Crippen LogP contribution in [0.15, 0.2) is 42.5 Å². The van der Waals surface area contributed by atoms with Gasteiger partial charge in [0.1, 0.15) is 0 Å². The Morgan fingerprint density at radius 3 is 2.67 bits per heavy atom. The molecule has 1 heterocycles. The molecular formula is C16H14Cl2N2O. The Morgan fingerprint density at radius 1 is 1.14 bits per heavy atom. The van der Waals surface area contributed by atoms with Crippen LogP contribution >= 0.6 is 23.2 Å². The Balaban J connectivity index is 1.72. The third kappa shape index (κ3) is 3.21. The summed E-state index contributed by atoms with van der Waals surface area (Å²) in [7, 11) is 0. The van der Waals surface area contributed by atoms with Gasteiger partial charge in [-0.15, -0.1) is 0 Å². The van der Waals surface area contributed by atoms with E-state index >= 15 is 0 Å². The van der Waals surface area contributed by atoms with Gasteiger partial charge in [-0.05, 0) is 35.7 Å². The lowest BCUT2D eigenvalue weighted by Gasteiger charge is -2.25. The van der Waals surface area contributed by atoms with Gasteiger partial charge in [0.2, 0.25) is 5.91 Å². The quantitative estimate of drug-likeness (QED) is 0.886. The van der Waals surface area contributed by atoms with Gasteiger partial charge < -0.3 is 10.6 Å². The second-order valence-corrected chi connectivity index (χ2v) is 5.86. The summed E-state index contributed by atoms with van der Waals surface area (Å²) in [5.41, 5.74) is 3.02. The second-order valence-electron chi connectivity index (χ2n) is 5.02. The molecular weight excluding hydrogens is 307 g/mol. The maximum Gasteiger partial charge on any atom is 0.241 e. The van der Waals surface area contributed by atoms with Crippen molar-refractivity contribution in [2.45, 2.75) is 19.0 Å². The zero-order valence-electron chi connectivity index (χ0n) is 11.2. The Hall–Kier alpha value is -1.55. The smallest absolute Gasteiger partial charge is 0.241 e. The van der Waals surface area contributed by atoms with Crippen molar-refractivity contribution in [2.24, 2.45) is 0 Å². The predicted octanol–water partition coefficient (Wildman–Crippen LogP) is 3.65. The van der Waals surface area contributed by atoms with Gasteiger partial charge in [0.15, 0.2) is 0 Å². The van der Waals surface area contributed by atoms with Gasteiger partial charge in [-0.2, -0.15) is 0 Å². The third-order valence-electron chi connectivity index (χ3n) is 3.59. The number of hydrogen-bond donors (Lipinski definition) is 2. The molecule has 3 nitrogen and oxygen atoms in total. The monoisotopic (exact) mass is 320 g/mol. The van der Waals surface area contributed by atoms with E-state index in [0.717, 1.165) is 0 Å². The number of carbonyl (C=O) groups is 1. The Labute approximate surface area is 133 Å². The van der Waals surface area contributed by atoms with Gasteiger partial charge in [-0.25, -0.2) is 0 Å². The normalized spacial score (nSPS) is 17.1. The second kappa shape index (κ2) is 6.06. The molecule has 0 aromatic heterocycles. The summed E-state index contributed by atoms with van der Waals surface area (Å²) >= 11 is 11.9. The van der Waals surface area contributed by atoms with Crippen LogP contribution in [0.3, 0.4) is 0 Å². The maximum absolute atomic E-state index is 12.3. The van der Waals surface area contributed by atoms with Crippen molar-refractivity contribution in [3.05, 3.63) is 63.6 Å². The third-order valence-corrected chi connectivity index (χ3v) is 4.13. The molecule has 2 aromatic carbocycles. The highest BCUT2D eigenvalue weighted by atomic mass is 35.5. The van der Waals surface area contributed by atoms with Gasteiger partial charge in [0, 0.05) is 11.6 Å². The first-order valence-corrected chi connectivity index (χ1v) is 7.45. The van der Waals surface area contributed by atoms with E-state index < -0.39 is 0 Å². The standard InChI is InChI=1S/C16H14Cl2N2O/c17-12-5-6-14(13(18)8-12)20-16(21)15-7-10-3-1-2-4-11(10)9-19-15/h1-6,8,15,19H,7,9H2,(H,20,21)/t15-/m0/s1. The SMILES string of the molecule is O=C(Nc1ccc(Cl)cc1Cl)[C@@H]1Cc2ccccc2CN1. The van der Waals surface area contributed by atoms with Crippen molar-refractivity contribution in [1.29, 1.82) is 0 Å². The molecule has 1 amide bonds. The van der Waals surface area contributed by atoms with Crippen LogP contribution in [0.1, 0.15) is 11.1 Å². The Kier molecular flexibility index (Phi) is 4.15. The summed E-state index contributed by atoms with van der Waals surface area (Å²) in [6.07, 6.45) is 0.674. The number of anilines is 1. The molecule has 0 fully saturated rings. The first kappa shape index (κ1) is 14.4. The van der Waals surface area contributed by atoms with E-state index in [0.29, 0.717) is 28.7 Å². The van der Waals surface area contributed by atoms with Crippen LogP contribution in [0.5, 0.6) is 0 Å². The molecule has 0 unspecified atom stereocenters. The highest BCUT2D eigenvalue weighted by Crippen LogP contribution is 2.26. The van der Waals surface area contributed by atoms with Crippen molar-refractivity contribution >= 4 is 34.8 Å². The summed E-state index contributed by atoms with van der Waals surface area (Å²) in [5, 5.41) is 7.07. The molecule has 0 saturated heterocycles. The van der Waals surface area contributed by atoms with Crippen molar-refractivity contribution in [3.63, 3.8) is 0 Å². The van der Waals surface area contributed by atoms with Crippen LogP contribution in [0.4, 0.5) is 5.69 Å². The van der Waals surface area contributed by atoms with Crippen LogP contribution in [0, 0.1) is 0 Å². The first-order chi connectivity index (χ1) is 10.1. The number of halogens is 2. The number of rotatable bonds is 2. The molecule has 0 saturated carbocycles. The Morgan fingerprint density at radius 2 is 1.90 bits per heavy atom. The lowest BCUT2D eigenvalue weighted by Crippen LogP contribution is -2.44. The van der Waals surface area contributed by atoms with Crippen molar-refractivity contribution in [2.75, 3.05) is 5.32 Å². The fourth-order valence-electron chi connectivity index (χ4n) is 2.45. The molecule has 0 bridgehead atoms. The fraction of sp³-hybridized carbons (Fsp3) is 0.188. The zero-order chi connectivity index (χ0) is 14.8. The average Bonchev–Trinajstić information content (AvgIpc) is 2.49. The van der Waals surface area contributed by atoms with Gasteiger partial charge in [-0.1, -0.05) is 47.5 Å². The molecule has 0 aliphatic carbocycles. The summed E-state index contributed by atoms with van der Waals surface area (Å²) < 4.78 is 0. The molecule has 3 rings (SSSR count). The van der Waals surface area contributed by atoms with Crippen molar-refractivity contribution in [3.8, 4) is 0 Å². The lowest BCUT2D eigenvalue weighted by molar-refractivity contribution is -0.118. The van der Waals surface area contributed by atoms with Gasteiger partial charge in [0.25, 0.3) is 0 Å². The van der Waals surface area contributed by atoms with E-state index in [1.807, 2.05) is 12.1 Å². The van der Waals surface area contributed by atoms with Crippen LogP contribution < -0.4 is 10.6 Å². The molecule has 2 aromatic rings. The minimum absolute atomic E-state index is 0.0891. The predicted molar refractivity (Wildman–Crippen MR) is 85.9 cm³/mol. The van der Waals surface area contributed by atoms with Crippen LogP contribution in [0.2, 0.25) is 10.0 Å². The number of carbonyl (C=O) groups excluding carboxylic acids is 1. The van der Waals surface area contributed by atoms with Crippen LogP contribution in [-0.4, -0.2) is 11.9 Å². The molecule has 1 aliphatic rings. The van der Waals surface area contributed by atoms with Crippen LogP contribution in [0.25, 0.3) is 0 Å². The highest BCUT2D eigenvalue weighted by molar-refractivity contribution is 6.36. The van der Waals surface area contributed by atoms with Crippen LogP contribution in [-0.2, 0) is 17.8 Å². The van der Waals surface area contributed by atoms with Crippen molar-refractivity contribution in [1.82, 2.24) is 5.32 Å². The molecule has 1 atom stereocenters. The molecule has 108 valence electrons. The van der Waals surface area contributed by atoms with Gasteiger partial charge in [0.05, 0.1) is 16.8 Å². The molecule has 1 aliphatic heterocycles. The highest BCUT2D eigenvalue weighted by Gasteiger charge is 2.24. The summed E-state index contributed by atoms with van der Waals surface area (Å²) in [6.45, 7) is 0.697. The Bertz CT molecular complexity index is 688. The fourth-order valence-corrected chi connectivity index (χ4v) is 2.91. The topological polar surface area (TPSA) is 41.1 Å². The van der Waals surface area contributed by atoms with E-state index in [2.05, 4.69) is 22.8 Å². The van der Waals surface area contributed by atoms with Crippen molar-refractivity contribution < 1.29 is 4.79 Å². The van der Waals surface area contributed by atoms with Gasteiger partial charge in [-0.3, -0.25) is 4.79 Å². The molecule has 0 spiro atoms. The number of benzene rings is 2. The van der Waals surface area contributed by atoms with E-state index in [9.17, 15) is 4.79 Å². The minimum atomic E-state index is -0.258. The molecule has 21 heavy (non-hydrogen) atoms. The number of nitrogens with one attached hydrogen (secondary N) is 2. The lowest BCUT2D eigenvalue weighted by atomic mass is 9.95. The summed E-state index contributed by atoms with van der Waals surface area (Å²) in [4.78, 5) is 12.3. The van der Waals surface area contributed by atoms with E-state index in [4.69, 9.17) is 23.2 Å². The first-order valence-electron chi connectivity index (χ1n) is 6.69. The maximum atomic E-state index is 12.3. The molecule has 2 N–H and O–H groups in total. The molecule has 0 radical (unpaired) electrons.